The van der Waals surface area contributed by atoms with Gasteiger partial charge in [-0.15, -0.1) is 6.58 Å². The molecule has 1 N–H and O–H groups in total. The quantitative estimate of drug-likeness (QED) is 0.815. The maximum absolute atomic E-state index is 12.1. The average Bonchev–Trinajstić information content (AvgIpc) is 2.68. The number of carbonyl (C=O) groups excluding carboxylic acids is 1. The van der Waals surface area contributed by atoms with Gasteiger partial charge in [-0.05, 0) is 6.92 Å². The molecule has 7 nitrogen and oxygen atoms in total. The lowest BCUT2D eigenvalue weighted by Gasteiger charge is -2.51. The van der Waals surface area contributed by atoms with Crippen molar-refractivity contribution in [2.24, 2.45) is 0 Å². The van der Waals surface area contributed by atoms with Gasteiger partial charge in [0, 0.05) is 5.56 Å². The number of hydrogen-bond acceptors (Lipinski definition) is 6. The number of nitrogens with one attached hydrogen (secondary N) is 1. The van der Waals surface area contributed by atoms with Crippen molar-refractivity contribution in [1.82, 2.24) is 5.32 Å². The first kappa shape index (κ1) is 17.6. The molecule has 0 spiro atoms. The highest BCUT2D eigenvalue weighted by Crippen LogP contribution is 2.37. The summed E-state index contributed by atoms with van der Waals surface area (Å²) in [5, 5.41) is 2.95. The van der Waals surface area contributed by atoms with Gasteiger partial charge in [0.25, 0.3) is 0 Å². The Kier molecular flexibility index (Phi) is 5.06. The van der Waals surface area contributed by atoms with Gasteiger partial charge in [-0.1, -0.05) is 36.4 Å². The summed E-state index contributed by atoms with van der Waals surface area (Å²) in [6, 6.07) is 9.27. The van der Waals surface area contributed by atoms with Crippen LogP contribution in [0.2, 0.25) is 0 Å². The minimum Gasteiger partial charge on any atom is -0.360 e. The Morgan fingerprint density at radius 3 is 2.81 bits per heavy atom. The Balaban J connectivity index is 1.56. The van der Waals surface area contributed by atoms with E-state index in [4.69, 9.17) is 23.7 Å². The van der Waals surface area contributed by atoms with Crippen LogP contribution in [0.15, 0.2) is 43.0 Å². The van der Waals surface area contributed by atoms with Gasteiger partial charge in [0.1, 0.15) is 30.5 Å². The first-order chi connectivity index (χ1) is 12.7. The maximum atomic E-state index is 12.1. The van der Waals surface area contributed by atoms with E-state index < -0.39 is 24.7 Å². The van der Waals surface area contributed by atoms with Crippen molar-refractivity contribution in [1.29, 1.82) is 0 Å². The molecule has 3 aliphatic rings. The van der Waals surface area contributed by atoms with E-state index in [-0.39, 0.29) is 24.2 Å². The molecule has 4 rings (SSSR count). The Morgan fingerprint density at radius 1 is 1.23 bits per heavy atom. The van der Waals surface area contributed by atoms with E-state index in [1.807, 2.05) is 30.3 Å². The predicted molar refractivity (Wildman–Crippen MR) is 91.1 cm³/mol. The monoisotopic (exact) mass is 361 g/mol. The lowest BCUT2D eigenvalue weighted by Crippen LogP contribution is -2.71. The van der Waals surface area contributed by atoms with Gasteiger partial charge in [0.2, 0.25) is 5.91 Å². The van der Waals surface area contributed by atoms with Crippen molar-refractivity contribution < 1.29 is 28.5 Å². The van der Waals surface area contributed by atoms with E-state index in [2.05, 4.69) is 11.9 Å². The topological polar surface area (TPSA) is 75.2 Å². The summed E-state index contributed by atoms with van der Waals surface area (Å²) in [6.07, 6.45) is -1.15. The second kappa shape index (κ2) is 7.46. The summed E-state index contributed by atoms with van der Waals surface area (Å²) >= 11 is 0. The van der Waals surface area contributed by atoms with Crippen LogP contribution >= 0.6 is 0 Å². The van der Waals surface area contributed by atoms with Crippen LogP contribution < -0.4 is 5.32 Å². The first-order valence-electron chi connectivity index (χ1n) is 8.83. The van der Waals surface area contributed by atoms with Crippen LogP contribution in [0.3, 0.4) is 0 Å². The van der Waals surface area contributed by atoms with Gasteiger partial charge in [0.15, 0.2) is 12.6 Å². The Labute approximate surface area is 152 Å². The molecule has 0 radical (unpaired) electrons. The summed E-state index contributed by atoms with van der Waals surface area (Å²) in [4.78, 5) is 12.1. The maximum Gasteiger partial charge on any atom is 0.249 e. The van der Waals surface area contributed by atoms with Gasteiger partial charge in [-0.3, -0.25) is 4.79 Å². The van der Waals surface area contributed by atoms with Gasteiger partial charge in [-0.2, -0.15) is 0 Å². The predicted octanol–water partition coefficient (Wildman–Crippen LogP) is 1.30. The van der Waals surface area contributed by atoms with E-state index in [1.165, 1.54) is 0 Å². The third-order valence-corrected chi connectivity index (χ3v) is 4.83. The Bertz CT molecular complexity index is 653. The minimum absolute atomic E-state index is 0.188. The largest absolute Gasteiger partial charge is 0.360 e. The number of ether oxygens (including phenoxy) is 5. The molecule has 3 fully saturated rings. The van der Waals surface area contributed by atoms with Crippen LogP contribution in [0.5, 0.6) is 0 Å². The summed E-state index contributed by atoms with van der Waals surface area (Å²) in [5.41, 5.74) is 0.931. The standard InChI is InChI=1S/C19H23NO6/c1-3-9-22-19-14-16(24-11(2)17(21)20-14)15-13(25-19)10-23-18(26-15)12-7-5-4-6-8-12/h3-8,11,13-16,18-19H,1,9-10H2,2H3,(H,20,21)/t11-,13-,14-,15-,16-,18-,19-/m1/s1. The van der Waals surface area contributed by atoms with E-state index >= 15 is 0 Å². The van der Waals surface area contributed by atoms with Crippen LogP contribution in [0.1, 0.15) is 18.8 Å². The zero-order valence-electron chi connectivity index (χ0n) is 14.6. The molecule has 3 saturated heterocycles. The molecule has 1 aromatic rings. The fraction of sp³-hybridized carbons (Fsp3) is 0.526. The van der Waals surface area contributed by atoms with Crippen LogP contribution in [0.4, 0.5) is 0 Å². The van der Waals surface area contributed by atoms with Gasteiger partial charge in [0.05, 0.1) is 13.2 Å². The number of carbonyl (C=O) groups is 1. The molecule has 140 valence electrons. The number of hydrogen-bond donors (Lipinski definition) is 1. The molecule has 0 bridgehead atoms. The van der Waals surface area contributed by atoms with Gasteiger partial charge in [-0.25, -0.2) is 0 Å². The zero-order valence-corrected chi connectivity index (χ0v) is 14.6. The lowest BCUT2D eigenvalue weighted by molar-refractivity contribution is -0.353. The fourth-order valence-corrected chi connectivity index (χ4v) is 3.55. The number of rotatable bonds is 4. The van der Waals surface area contributed by atoms with Crippen molar-refractivity contribution >= 4 is 5.91 Å². The molecule has 0 unspecified atom stereocenters. The van der Waals surface area contributed by atoms with Crippen molar-refractivity contribution in [2.75, 3.05) is 13.2 Å². The Morgan fingerprint density at radius 2 is 2.04 bits per heavy atom. The highest BCUT2D eigenvalue weighted by atomic mass is 16.8. The van der Waals surface area contributed by atoms with Crippen LogP contribution in [-0.2, 0) is 28.5 Å². The van der Waals surface area contributed by atoms with E-state index in [0.717, 1.165) is 5.56 Å². The minimum atomic E-state index is -0.642. The second-order valence-corrected chi connectivity index (χ2v) is 6.62. The summed E-state index contributed by atoms with van der Waals surface area (Å²) < 4.78 is 29.7. The number of fused-ring (bicyclic) bond motifs is 3. The molecular weight excluding hydrogens is 338 g/mol. The number of amides is 1. The molecule has 0 aliphatic carbocycles. The summed E-state index contributed by atoms with van der Waals surface area (Å²) in [6.45, 7) is 6.04. The van der Waals surface area contributed by atoms with Crippen molar-refractivity contribution in [3.8, 4) is 0 Å². The second-order valence-electron chi connectivity index (χ2n) is 6.62. The molecule has 7 heteroatoms. The molecule has 0 aromatic heterocycles. The zero-order chi connectivity index (χ0) is 18.1. The molecular formula is C19H23NO6. The lowest BCUT2D eigenvalue weighted by atomic mass is 9.93. The molecule has 1 aromatic carbocycles. The first-order valence-corrected chi connectivity index (χ1v) is 8.83. The third-order valence-electron chi connectivity index (χ3n) is 4.83. The molecule has 3 aliphatic heterocycles. The van der Waals surface area contributed by atoms with E-state index in [0.29, 0.717) is 13.2 Å². The summed E-state index contributed by atoms with van der Waals surface area (Å²) in [5.74, 6) is -0.188. The smallest absolute Gasteiger partial charge is 0.249 e. The molecule has 26 heavy (non-hydrogen) atoms. The van der Waals surface area contributed by atoms with E-state index in [9.17, 15) is 4.79 Å². The Hall–Kier alpha value is -1.77. The number of morpholine rings is 1. The van der Waals surface area contributed by atoms with E-state index in [1.54, 1.807) is 13.0 Å². The third kappa shape index (κ3) is 3.28. The van der Waals surface area contributed by atoms with Crippen LogP contribution in [0, 0.1) is 0 Å². The molecule has 3 heterocycles. The van der Waals surface area contributed by atoms with Crippen molar-refractivity contribution in [3.05, 3.63) is 48.6 Å². The van der Waals surface area contributed by atoms with Crippen LogP contribution in [-0.4, -0.2) is 55.9 Å². The van der Waals surface area contributed by atoms with Gasteiger partial charge < -0.3 is 29.0 Å². The summed E-state index contributed by atoms with van der Waals surface area (Å²) in [7, 11) is 0. The molecule has 7 atom stereocenters. The van der Waals surface area contributed by atoms with Crippen LogP contribution in [0.25, 0.3) is 0 Å². The SMILES string of the molecule is C=CCO[C@@H]1O[C@@H]2CO[C@@H](c3ccccc3)O[C@H]2[C@@H]2O[C@H](C)C(=O)N[C@@H]12. The molecule has 0 saturated carbocycles. The number of benzene rings is 1. The molecule has 1 amide bonds. The fourth-order valence-electron chi connectivity index (χ4n) is 3.55. The highest BCUT2D eigenvalue weighted by molar-refractivity contribution is 5.81. The van der Waals surface area contributed by atoms with Gasteiger partial charge >= 0.3 is 0 Å². The normalized spacial score (nSPS) is 39.4. The van der Waals surface area contributed by atoms with Crippen molar-refractivity contribution in [2.45, 2.75) is 50.0 Å². The highest BCUT2D eigenvalue weighted by Gasteiger charge is 2.54. The van der Waals surface area contributed by atoms with Crippen molar-refractivity contribution in [3.63, 3.8) is 0 Å². The average molecular weight is 361 g/mol.